The highest BCUT2D eigenvalue weighted by molar-refractivity contribution is 5.78. The fourth-order valence-electron chi connectivity index (χ4n) is 2.17. The molecule has 0 saturated carbocycles. The van der Waals surface area contributed by atoms with Gasteiger partial charge in [0, 0.05) is 6.54 Å². The Balaban J connectivity index is 1.94. The molecule has 1 aromatic carbocycles. The van der Waals surface area contributed by atoms with Crippen molar-refractivity contribution in [2.75, 3.05) is 6.54 Å². The van der Waals surface area contributed by atoms with E-state index in [9.17, 15) is 9.59 Å². The molecule has 0 atom stereocenters. The van der Waals surface area contributed by atoms with Crippen molar-refractivity contribution in [2.24, 2.45) is 5.41 Å². The summed E-state index contributed by atoms with van der Waals surface area (Å²) in [6.07, 6.45) is 0.482. The van der Waals surface area contributed by atoms with E-state index in [0.29, 0.717) is 18.7 Å². The summed E-state index contributed by atoms with van der Waals surface area (Å²) in [5.74, 6) is -1.07. The molecule has 0 fully saturated rings. The Morgan fingerprint density at radius 1 is 1.25 bits per heavy atom. The number of hydrogen-bond donors (Lipinski definition) is 2. The number of carboxylic acids is 1. The van der Waals surface area contributed by atoms with E-state index < -0.39 is 11.4 Å². The third-order valence-corrected chi connectivity index (χ3v) is 3.97. The predicted molar refractivity (Wildman–Crippen MR) is 88.8 cm³/mol. The van der Waals surface area contributed by atoms with Crippen molar-refractivity contribution >= 4 is 11.9 Å². The highest BCUT2D eigenvalue weighted by Gasteiger charge is 2.26. The first-order valence-corrected chi connectivity index (χ1v) is 7.78. The third kappa shape index (κ3) is 4.18. The number of amides is 1. The van der Waals surface area contributed by atoms with Gasteiger partial charge in [-0.25, -0.2) is 4.68 Å². The van der Waals surface area contributed by atoms with E-state index in [-0.39, 0.29) is 12.3 Å². The third-order valence-electron chi connectivity index (χ3n) is 3.97. The Hall–Kier alpha value is -2.70. The first kappa shape index (κ1) is 17.7. The molecule has 0 aliphatic heterocycles. The second-order valence-electron chi connectivity index (χ2n) is 6.33. The first-order valence-electron chi connectivity index (χ1n) is 7.78. The molecule has 1 heterocycles. The number of carboxylic acid groups (broad SMARTS) is 1. The van der Waals surface area contributed by atoms with Crippen LogP contribution in [0.2, 0.25) is 0 Å². The lowest BCUT2D eigenvalue weighted by Gasteiger charge is -2.18. The van der Waals surface area contributed by atoms with Gasteiger partial charge in [-0.3, -0.25) is 9.59 Å². The second kappa shape index (κ2) is 7.25. The van der Waals surface area contributed by atoms with Gasteiger partial charge in [0.15, 0.2) is 0 Å². The van der Waals surface area contributed by atoms with E-state index in [1.165, 1.54) is 0 Å². The van der Waals surface area contributed by atoms with Gasteiger partial charge in [-0.1, -0.05) is 23.4 Å². The molecular formula is C17H22N4O3. The summed E-state index contributed by atoms with van der Waals surface area (Å²) in [5.41, 5.74) is 1.44. The Morgan fingerprint density at radius 2 is 1.92 bits per heavy atom. The Morgan fingerprint density at radius 3 is 2.54 bits per heavy atom. The molecule has 2 N–H and O–H groups in total. The summed E-state index contributed by atoms with van der Waals surface area (Å²) < 4.78 is 1.69. The molecule has 24 heavy (non-hydrogen) atoms. The minimum absolute atomic E-state index is 0.117. The Bertz CT molecular complexity index is 723. The summed E-state index contributed by atoms with van der Waals surface area (Å²) in [6.45, 7) is 5.45. The van der Waals surface area contributed by atoms with Crippen molar-refractivity contribution in [2.45, 2.75) is 33.6 Å². The smallest absolute Gasteiger partial charge is 0.309 e. The average Bonchev–Trinajstić information content (AvgIpc) is 2.89. The molecule has 7 heteroatoms. The van der Waals surface area contributed by atoms with Crippen molar-refractivity contribution in [1.29, 1.82) is 0 Å². The number of para-hydroxylation sites is 1. The number of hydrogen-bond acceptors (Lipinski definition) is 4. The predicted octanol–water partition coefficient (Wildman–Crippen LogP) is 1.74. The molecule has 128 valence electrons. The summed E-state index contributed by atoms with van der Waals surface area (Å²) in [7, 11) is 0. The van der Waals surface area contributed by atoms with Gasteiger partial charge < -0.3 is 10.4 Å². The number of rotatable bonds is 7. The molecule has 1 aromatic heterocycles. The highest BCUT2D eigenvalue weighted by Crippen LogP contribution is 2.19. The van der Waals surface area contributed by atoms with Gasteiger partial charge in [0.05, 0.1) is 28.9 Å². The Labute approximate surface area is 140 Å². The van der Waals surface area contributed by atoms with Crippen molar-refractivity contribution in [3.05, 3.63) is 41.7 Å². The van der Waals surface area contributed by atoms with Crippen molar-refractivity contribution in [1.82, 2.24) is 20.3 Å². The van der Waals surface area contributed by atoms with Gasteiger partial charge in [0.2, 0.25) is 5.91 Å². The lowest BCUT2D eigenvalue weighted by atomic mass is 9.90. The lowest BCUT2D eigenvalue weighted by molar-refractivity contribution is -0.147. The van der Waals surface area contributed by atoms with Crippen LogP contribution in [0.5, 0.6) is 0 Å². The van der Waals surface area contributed by atoms with Crippen LogP contribution in [-0.4, -0.2) is 38.5 Å². The minimum Gasteiger partial charge on any atom is -0.481 e. The standard InChI is InChI=1S/C17H22N4O3/c1-12-14(19-20-21(12)13-7-5-4-6-8-13)11-15(22)18-10-9-17(2,3)16(23)24/h4-8H,9-11H2,1-3H3,(H,18,22)(H,23,24). The molecule has 0 aliphatic carbocycles. The fourth-order valence-corrected chi connectivity index (χ4v) is 2.17. The zero-order valence-corrected chi connectivity index (χ0v) is 14.1. The van der Waals surface area contributed by atoms with Crippen LogP contribution in [0.15, 0.2) is 30.3 Å². The van der Waals surface area contributed by atoms with E-state index >= 15 is 0 Å². The van der Waals surface area contributed by atoms with Gasteiger partial charge in [-0.2, -0.15) is 0 Å². The molecule has 0 aliphatic rings. The van der Waals surface area contributed by atoms with E-state index in [0.717, 1.165) is 11.4 Å². The van der Waals surface area contributed by atoms with Gasteiger partial charge in [-0.15, -0.1) is 5.10 Å². The number of aromatic nitrogens is 3. The molecule has 0 saturated heterocycles. The van der Waals surface area contributed by atoms with E-state index in [4.69, 9.17) is 5.11 Å². The number of carbonyl (C=O) groups is 2. The zero-order valence-electron chi connectivity index (χ0n) is 14.1. The molecule has 0 unspecified atom stereocenters. The first-order chi connectivity index (χ1) is 11.3. The summed E-state index contributed by atoms with van der Waals surface area (Å²) >= 11 is 0. The second-order valence-corrected chi connectivity index (χ2v) is 6.33. The summed E-state index contributed by atoms with van der Waals surface area (Å²) in [5, 5.41) is 20.0. The van der Waals surface area contributed by atoms with Crippen LogP contribution in [0.25, 0.3) is 5.69 Å². The van der Waals surface area contributed by atoms with Crippen LogP contribution in [0.4, 0.5) is 0 Å². The van der Waals surface area contributed by atoms with Crippen LogP contribution < -0.4 is 5.32 Å². The number of aliphatic carboxylic acids is 1. The van der Waals surface area contributed by atoms with Crippen LogP contribution >= 0.6 is 0 Å². The number of benzene rings is 1. The quantitative estimate of drug-likeness (QED) is 0.806. The Kier molecular flexibility index (Phi) is 5.33. The van der Waals surface area contributed by atoms with E-state index in [1.807, 2.05) is 37.3 Å². The van der Waals surface area contributed by atoms with Crippen molar-refractivity contribution in [3.8, 4) is 5.69 Å². The van der Waals surface area contributed by atoms with Crippen LogP contribution in [0, 0.1) is 12.3 Å². The van der Waals surface area contributed by atoms with Crippen LogP contribution in [-0.2, 0) is 16.0 Å². The molecule has 0 bridgehead atoms. The zero-order chi connectivity index (χ0) is 17.7. The van der Waals surface area contributed by atoms with Gasteiger partial charge in [-0.05, 0) is 39.3 Å². The average molecular weight is 330 g/mol. The molecule has 0 spiro atoms. The number of carbonyl (C=O) groups excluding carboxylic acids is 1. The highest BCUT2D eigenvalue weighted by atomic mass is 16.4. The maximum absolute atomic E-state index is 12.0. The lowest BCUT2D eigenvalue weighted by Crippen LogP contribution is -2.32. The van der Waals surface area contributed by atoms with Gasteiger partial charge in [0.1, 0.15) is 0 Å². The molecule has 2 aromatic rings. The monoisotopic (exact) mass is 330 g/mol. The maximum atomic E-state index is 12.0. The largest absolute Gasteiger partial charge is 0.481 e. The van der Waals surface area contributed by atoms with E-state index in [1.54, 1.807) is 18.5 Å². The number of nitrogens with one attached hydrogen (secondary N) is 1. The molecule has 0 radical (unpaired) electrons. The minimum atomic E-state index is -0.876. The normalized spacial score (nSPS) is 11.3. The molecule has 7 nitrogen and oxygen atoms in total. The maximum Gasteiger partial charge on any atom is 0.309 e. The van der Waals surface area contributed by atoms with Crippen LogP contribution in [0.1, 0.15) is 31.7 Å². The van der Waals surface area contributed by atoms with Crippen LogP contribution in [0.3, 0.4) is 0 Å². The van der Waals surface area contributed by atoms with Gasteiger partial charge in [0.25, 0.3) is 0 Å². The van der Waals surface area contributed by atoms with E-state index in [2.05, 4.69) is 15.6 Å². The molecular weight excluding hydrogens is 308 g/mol. The fraction of sp³-hybridized carbons (Fsp3) is 0.412. The summed E-state index contributed by atoms with van der Waals surface area (Å²) in [6, 6.07) is 9.57. The van der Waals surface area contributed by atoms with Crippen molar-refractivity contribution in [3.63, 3.8) is 0 Å². The van der Waals surface area contributed by atoms with Gasteiger partial charge >= 0.3 is 5.97 Å². The number of nitrogens with zero attached hydrogens (tertiary/aromatic N) is 3. The van der Waals surface area contributed by atoms with Crippen molar-refractivity contribution < 1.29 is 14.7 Å². The molecule has 2 rings (SSSR count). The topological polar surface area (TPSA) is 97.1 Å². The molecule has 1 amide bonds. The SMILES string of the molecule is Cc1c(CC(=O)NCCC(C)(C)C(=O)O)nnn1-c1ccccc1. The summed E-state index contributed by atoms with van der Waals surface area (Å²) in [4.78, 5) is 23.1.